The zero-order valence-electron chi connectivity index (χ0n) is 10.5. The molecular weight excluding hydrogens is 244 g/mol. The number of nitrogens with one attached hydrogen (secondary N) is 2. The molecule has 1 heterocycles. The molecule has 0 unspecified atom stereocenters. The summed E-state index contributed by atoms with van der Waals surface area (Å²) in [6.45, 7) is 2.57. The van der Waals surface area contributed by atoms with Crippen LogP contribution in [0.4, 0.5) is 0 Å². The quantitative estimate of drug-likeness (QED) is 0.796. The van der Waals surface area contributed by atoms with Crippen molar-refractivity contribution in [2.45, 2.75) is 25.4 Å². The maximum Gasteiger partial charge on any atom is 0.166 e. The Morgan fingerprint density at radius 1 is 1.28 bits per heavy atom. The molecule has 3 nitrogen and oxygen atoms in total. The van der Waals surface area contributed by atoms with Crippen LogP contribution in [0.3, 0.4) is 0 Å². The van der Waals surface area contributed by atoms with E-state index in [0.29, 0.717) is 6.10 Å². The van der Waals surface area contributed by atoms with Crippen LogP contribution in [0.25, 0.3) is 0 Å². The number of hydrogen-bond donors (Lipinski definition) is 2. The molecule has 1 aromatic carbocycles. The summed E-state index contributed by atoms with van der Waals surface area (Å²) in [5.41, 5.74) is 1.33. The molecule has 0 spiro atoms. The highest BCUT2D eigenvalue weighted by Crippen LogP contribution is 2.10. The lowest BCUT2D eigenvalue weighted by atomic mass is 10.1. The predicted octanol–water partition coefficient (Wildman–Crippen LogP) is 1.87. The van der Waals surface area contributed by atoms with Crippen LogP contribution in [0, 0.1) is 0 Å². The summed E-state index contributed by atoms with van der Waals surface area (Å²) in [6.07, 6.45) is 3.63. The minimum atomic E-state index is 0.332. The first-order valence-electron chi connectivity index (χ1n) is 6.52. The molecule has 4 heteroatoms. The molecule has 0 radical (unpaired) electrons. The van der Waals surface area contributed by atoms with Crippen molar-refractivity contribution in [1.82, 2.24) is 10.6 Å². The van der Waals surface area contributed by atoms with Crippen molar-refractivity contribution in [3.63, 3.8) is 0 Å². The molecule has 0 aromatic heterocycles. The standard InChI is InChI=1S/C14H20N2OS/c18-14(16-11-13-7-4-10-17-13)15-9-8-12-5-2-1-3-6-12/h1-3,5-6,13H,4,7-11H2,(H2,15,16,18)/t13-/m0/s1. The molecule has 1 saturated heterocycles. The van der Waals surface area contributed by atoms with Crippen LogP contribution in [0.2, 0.25) is 0 Å². The Balaban J connectivity index is 1.57. The number of thiocarbonyl (C=S) groups is 1. The third kappa shape index (κ3) is 4.63. The molecule has 98 valence electrons. The molecular formula is C14H20N2OS. The zero-order valence-corrected chi connectivity index (χ0v) is 11.3. The summed E-state index contributed by atoms with van der Waals surface area (Å²) in [4.78, 5) is 0. The molecule has 1 atom stereocenters. The molecule has 0 saturated carbocycles. The molecule has 1 aromatic rings. The summed E-state index contributed by atoms with van der Waals surface area (Å²) in [5, 5.41) is 7.15. The van der Waals surface area contributed by atoms with Crippen molar-refractivity contribution in [3.8, 4) is 0 Å². The Kier molecular flexibility index (Phi) is 5.42. The number of hydrogen-bond acceptors (Lipinski definition) is 2. The van der Waals surface area contributed by atoms with E-state index in [2.05, 4.69) is 34.9 Å². The van der Waals surface area contributed by atoms with Crippen LogP contribution in [-0.4, -0.2) is 30.9 Å². The SMILES string of the molecule is S=C(NCCc1ccccc1)NC[C@@H]1CCCO1. The molecule has 1 aliphatic heterocycles. The maximum absolute atomic E-state index is 5.53. The number of rotatable bonds is 5. The van der Waals surface area contributed by atoms with Gasteiger partial charge in [0.2, 0.25) is 0 Å². The number of benzene rings is 1. The van der Waals surface area contributed by atoms with E-state index in [1.54, 1.807) is 0 Å². The fourth-order valence-corrected chi connectivity index (χ4v) is 2.22. The first kappa shape index (κ1) is 13.3. The van der Waals surface area contributed by atoms with Gasteiger partial charge in [0.15, 0.2) is 5.11 Å². The lowest BCUT2D eigenvalue weighted by Gasteiger charge is -2.13. The molecule has 1 fully saturated rings. The van der Waals surface area contributed by atoms with Crippen LogP contribution in [-0.2, 0) is 11.2 Å². The molecule has 2 N–H and O–H groups in total. The highest BCUT2D eigenvalue weighted by molar-refractivity contribution is 7.80. The first-order valence-corrected chi connectivity index (χ1v) is 6.92. The van der Waals surface area contributed by atoms with Crippen LogP contribution < -0.4 is 10.6 Å². The van der Waals surface area contributed by atoms with Crippen molar-refractivity contribution < 1.29 is 4.74 Å². The lowest BCUT2D eigenvalue weighted by molar-refractivity contribution is 0.114. The second kappa shape index (κ2) is 7.34. The third-order valence-corrected chi connectivity index (χ3v) is 3.35. The van der Waals surface area contributed by atoms with Gasteiger partial charge in [-0.1, -0.05) is 30.3 Å². The Bertz CT molecular complexity index is 363. The maximum atomic E-state index is 5.53. The van der Waals surface area contributed by atoms with Crippen LogP contribution in [0.1, 0.15) is 18.4 Å². The summed E-state index contributed by atoms with van der Waals surface area (Å²) >= 11 is 5.23. The molecule has 2 rings (SSSR count). The molecule has 0 aliphatic carbocycles. The van der Waals surface area contributed by atoms with E-state index >= 15 is 0 Å². The summed E-state index contributed by atoms with van der Waals surface area (Å²) in [7, 11) is 0. The van der Waals surface area contributed by atoms with Gasteiger partial charge in [0, 0.05) is 19.7 Å². The number of ether oxygens (including phenoxy) is 1. The molecule has 18 heavy (non-hydrogen) atoms. The van der Waals surface area contributed by atoms with E-state index in [9.17, 15) is 0 Å². The Labute approximate surface area is 114 Å². The second-order valence-corrected chi connectivity index (χ2v) is 4.92. The largest absolute Gasteiger partial charge is 0.376 e. The van der Waals surface area contributed by atoms with Crippen LogP contribution in [0.15, 0.2) is 30.3 Å². The predicted molar refractivity (Wildman–Crippen MR) is 77.7 cm³/mol. The fraction of sp³-hybridized carbons (Fsp3) is 0.500. The van der Waals surface area contributed by atoms with E-state index in [1.807, 2.05) is 6.07 Å². The van der Waals surface area contributed by atoms with Gasteiger partial charge in [0.25, 0.3) is 0 Å². The van der Waals surface area contributed by atoms with Gasteiger partial charge in [-0.25, -0.2) is 0 Å². The third-order valence-electron chi connectivity index (χ3n) is 3.06. The van der Waals surface area contributed by atoms with Gasteiger partial charge in [0.05, 0.1) is 6.10 Å². The summed E-state index contributed by atoms with van der Waals surface area (Å²) in [6, 6.07) is 10.4. The van der Waals surface area contributed by atoms with Gasteiger partial charge in [0.1, 0.15) is 0 Å². The zero-order chi connectivity index (χ0) is 12.6. The van der Waals surface area contributed by atoms with Crippen molar-refractivity contribution in [3.05, 3.63) is 35.9 Å². The van der Waals surface area contributed by atoms with Gasteiger partial charge < -0.3 is 15.4 Å². The monoisotopic (exact) mass is 264 g/mol. The van der Waals surface area contributed by atoms with Crippen LogP contribution >= 0.6 is 12.2 Å². The molecule has 0 bridgehead atoms. The minimum Gasteiger partial charge on any atom is -0.376 e. The van der Waals surface area contributed by atoms with Crippen molar-refractivity contribution in [1.29, 1.82) is 0 Å². The van der Waals surface area contributed by atoms with Gasteiger partial charge >= 0.3 is 0 Å². The van der Waals surface area contributed by atoms with Gasteiger partial charge in [-0.2, -0.15) is 0 Å². The van der Waals surface area contributed by atoms with E-state index in [4.69, 9.17) is 17.0 Å². The van der Waals surface area contributed by atoms with Crippen LogP contribution in [0.5, 0.6) is 0 Å². The molecule has 1 aliphatic rings. The molecule has 0 amide bonds. The van der Waals surface area contributed by atoms with Crippen molar-refractivity contribution >= 4 is 17.3 Å². The highest BCUT2D eigenvalue weighted by Gasteiger charge is 2.14. The Hall–Kier alpha value is -1.13. The van der Waals surface area contributed by atoms with E-state index in [-0.39, 0.29) is 0 Å². The van der Waals surface area contributed by atoms with Gasteiger partial charge in [-0.05, 0) is 37.0 Å². The highest BCUT2D eigenvalue weighted by atomic mass is 32.1. The summed E-state index contributed by atoms with van der Waals surface area (Å²) < 4.78 is 5.53. The fourth-order valence-electron chi connectivity index (χ4n) is 2.04. The average molecular weight is 264 g/mol. The first-order chi connectivity index (χ1) is 8.84. The average Bonchev–Trinajstić information content (AvgIpc) is 2.91. The summed E-state index contributed by atoms with van der Waals surface area (Å²) in [5.74, 6) is 0. The Morgan fingerprint density at radius 3 is 2.83 bits per heavy atom. The second-order valence-electron chi connectivity index (χ2n) is 4.51. The normalized spacial score (nSPS) is 18.6. The van der Waals surface area contributed by atoms with Gasteiger partial charge in [-0.3, -0.25) is 0 Å². The van der Waals surface area contributed by atoms with E-state index < -0.39 is 0 Å². The minimum absolute atomic E-state index is 0.332. The van der Waals surface area contributed by atoms with Gasteiger partial charge in [-0.15, -0.1) is 0 Å². The van der Waals surface area contributed by atoms with E-state index in [1.165, 1.54) is 12.0 Å². The smallest absolute Gasteiger partial charge is 0.166 e. The Morgan fingerprint density at radius 2 is 2.11 bits per heavy atom. The van der Waals surface area contributed by atoms with Crippen molar-refractivity contribution in [2.24, 2.45) is 0 Å². The topological polar surface area (TPSA) is 33.3 Å². The van der Waals surface area contributed by atoms with E-state index in [0.717, 1.165) is 37.7 Å². The van der Waals surface area contributed by atoms with Crippen molar-refractivity contribution in [2.75, 3.05) is 19.7 Å². The lowest BCUT2D eigenvalue weighted by Crippen LogP contribution is -2.40.